The van der Waals surface area contributed by atoms with E-state index in [0.717, 1.165) is 28.6 Å². The number of amides is 1. The number of aliphatic hydroxyl groups is 1. The molecule has 0 bridgehead atoms. The number of halogens is 1. The molecule has 2 aromatic rings. The first-order valence-electron chi connectivity index (χ1n) is 10.2. The SMILES string of the molecule is CCCCOc1ccc(C2/C(=C(/O)c3ccc(Br)cc3)C(=O)C(=O)N2CCC)cc1. The van der Waals surface area contributed by atoms with Crippen LogP contribution >= 0.6 is 15.9 Å². The molecule has 1 unspecified atom stereocenters. The fraction of sp³-hybridized carbons (Fsp3) is 0.333. The van der Waals surface area contributed by atoms with Gasteiger partial charge in [0.1, 0.15) is 11.5 Å². The van der Waals surface area contributed by atoms with E-state index >= 15 is 0 Å². The zero-order chi connectivity index (χ0) is 21.7. The maximum atomic E-state index is 12.9. The number of ketones is 1. The van der Waals surface area contributed by atoms with Crippen LogP contribution in [0.25, 0.3) is 5.76 Å². The summed E-state index contributed by atoms with van der Waals surface area (Å²) in [4.78, 5) is 27.1. The van der Waals surface area contributed by atoms with E-state index in [1.807, 2.05) is 31.2 Å². The third kappa shape index (κ3) is 4.59. The zero-order valence-electron chi connectivity index (χ0n) is 17.2. The number of nitrogens with zero attached hydrogens (tertiary/aromatic N) is 1. The number of hydrogen-bond acceptors (Lipinski definition) is 4. The molecule has 1 aliphatic heterocycles. The predicted octanol–water partition coefficient (Wildman–Crippen LogP) is 5.46. The van der Waals surface area contributed by atoms with Crippen LogP contribution in [0.4, 0.5) is 0 Å². The first kappa shape index (κ1) is 22.1. The number of benzene rings is 2. The van der Waals surface area contributed by atoms with Gasteiger partial charge in [0.05, 0.1) is 18.2 Å². The Hall–Kier alpha value is -2.60. The van der Waals surface area contributed by atoms with Crippen molar-refractivity contribution in [3.63, 3.8) is 0 Å². The molecule has 0 aliphatic carbocycles. The van der Waals surface area contributed by atoms with Gasteiger partial charge in [0.25, 0.3) is 11.7 Å². The lowest BCUT2D eigenvalue weighted by Gasteiger charge is -2.25. The molecule has 0 aromatic heterocycles. The highest BCUT2D eigenvalue weighted by molar-refractivity contribution is 9.10. The maximum absolute atomic E-state index is 12.9. The van der Waals surface area contributed by atoms with Crippen LogP contribution in [0, 0.1) is 0 Å². The third-order valence-electron chi connectivity index (χ3n) is 5.08. The van der Waals surface area contributed by atoms with Crippen LogP contribution in [-0.2, 0) is 9.59 Å². The van der Waals surface area contributed by atoms with Gasteiger partial charge in [-0.15, -0.1) is 0 Å². The van der Waals surface area contributed by atoms with Crippen molar-refractivity contribution in [2.45, 2.75) is 39.2 Å². The highest BCUT2D eigenvalue weighted by atomic mass is 79.9. The topological polar surface area (TPSA) is 66.8 Å². The Morgan fingerprint density at radius 1 is 1.03 bits per heavy atom. The normalized spacial score (nSPS) is 18.1. The number of likely N-dealkylation sites (tertiary alicyclic amines) is 1. The van der Waals surface area contributed by atoms with Crippen molar-refractivity contribution in [3.05, 3.63) is 69.7 Å². The molecule has 1 aliphatic rings. The first-order valence-corrected chi connectivity index (χ1v) is 11.0. The van der Waals surface area contributed by atoms with E-state index in [2.05, 4.69) is 22.9 Å². The van der Waals surface area contributed by atoms with Crippen molar-refractivity contribution in [1.82, 2.24) is 4.90 Å². The second-order valence-electron chi connectivity index (χ2n) is 7.27. The van der Waals surface area contributed by atoms with Crippen LogP contribution in [0.1, 0.15) is 50.3 Å². The number of unbranched alkanes of at least 4 members (excludes halogenated alkanes) is 1. The van der Waals surface area contributed by atoms with E-state index in [0.29, 0.717) is 25.1 Å². The summed E-state index contributed by atoms with van der Waals surface area (Å²) < 4.78 is 6.58. The van der Waals surface area contributed by atoms with E-state index in [4.69, 9.17) is 4.74 Å². The van der Waals surface area contributed by atoms with Crippen LogP contribution in [0.3, 0.4) is 0 Å². The molecule has 0 spiro atoms. The molecular formula is C24H26BrNO4. The molecule has 1 fully saturated rings. The molecule has 2 aromatic carbocycles. The first-order chi connectivity index (χ1) is 14.5. The summed E-state index contributed by atoms with van der Waals surface area (Å²) >= 11 is 3.37. The van der Waals surface area contributed by atoms with Crippen molar-refractivity contribution in [1.29, 1.82) is 0 Å². The van der Waals surface area contributed by atoms with Crippen molar-refractivity contribution < 1.29 is 19.4 Å². The Bertz CT molecular complexity index is 935. The fourth-order valence-corrected chi connectivity index (χ4v) is 3.81. The van der Waals surface area contributed by atoms with Crippen LogP contribution in [-0.4, -0.2) is 34.8 Å². The molecular weight excluding hydrogens is 446 g/mol. The Labute approximate surface area is 185 Å². The molecule has 5 nitrogen and oxygen atoms in total. The second kappa shape index (κ2) is 9.94. The van der Waals surface area contributed by atoms with Gasteiger partial charge in [-0.3, -0.25) is 9.59 Å². The van der Waals surface area contributed by atoms with Crippen LogP contribution < -0.4 is 4.74 Å². The lowest BCUT2D eigenvalue weighted by molar-refractivity contribution is -0.139. The third-order valence-corrected chi connectivity index (χ3v) is 5.61. The highest BCUT2D eigenvalue weighted by Gasteiger charge is 2.45. The summed E-state index contributed by atoms with van der Waals surface area (Å²) in [5.41, 5.74) is 1.39. The summed E-state index contributed by atoms with van der Waals surface area (Å²) in [6, 6.07) is 13.8. The molecule has 1 saturated heterocycles. The van der Waals surface area contributed by atoms with Gasteiger partial charge < -0.3 is 14.7 Å². The second-order valence-corrected chi connectivity index (χ2v) is 8.19. The van der Waals surface area contributed by atoms with E-state index in [1.165, 1.54) is 0 Å². The van der Waals surface area contributed by atoms with Crippen molar-refractivity contribution >= 4 is 33.4 Å². The molecule has 1 amide bonds. The lowest BCUT2D eigenvalue weighted by Crippen LogP contribution is -2.30. The summed E-state index contributed by atoms with van der Waals surface area (Å²) in [6.45, 7) is 5.14. The van der Waals surface area contributed by atoms with Gasteiger partial charge in [0, 0.05) is 16.6 Å². The van der Waals surface area contributed by atoms with Gasteiger partial charge in [-0.05, 0) is 42.7 Å². The largest absolute Gasteiger partial charge is 0.507 e. The minimum Gasteiger partial charge on any atom is -0.507 e. The van der Waals surface area contributed by atoms with Crippen LogP contribution in [0.2, 0.25) is 0 Å². The molecule has 158 valence electrons. The minimum atomic E-state index is -0.655. The average Bonchev–Trinajstić information content (AvgIpc) is 3.00. The number of aliphatic hydroxyl groups excluding tert-OH is 1. The van der Waals surface area contributed by atoms with Crippen molar-refractivity contribution in [2.75, 3.05) is 13.2 Å². The van der Waals surface area contributed by atoms with E-state index < -0.39 is 17.7 Å². The van der Waals surface area contributed by atoms with Gasteiger partial charge in [-0.25, -0.2) is 0 Å². The highest BCUT2D eigenvalue weighted by Crippen LogP contribution is 2.40. The number of carbonyl (C=O) groups excluding carboxylic acids is 2. The number of ether oxygens (including phenoxy) is 1. The molecule has 0 radical (unpaired) electrons. The lowest BCUT2D eigenvalue weighted by atomic mass is 9.95. The Kier molecular flexibility index (Phi) is 7.32. The van der Waals surface area contributed by atoms with Crippen LogP contribution in [0.5, 0.6) is 5.75 Å². The van der Waals surface area contributed by atoms with E-state index in [9.17, 15) is 14.7 Å². The number of hydrogen-bond donors (Lipinski definition) is 1. The van der Waals surface area contributed by atoms with Gasteiger partial charge in [-0.1, -0.05) is 60.5 Å². The van der Waals surface area contributed by atoms with Gasteiger partial charge in [-0.2, -0.15) is 0 Å². The van der Waals surface area contributed by atoms with Gasteiger partial charge in [0.2, 0.25) is 0 Å². The van der Waals surface area contributed by atoms with E-state index in [1.54, 1.807) is 29.2 Å². The molecule has 0 saturated carbocycles. The molecule has 1 atom stereocenters. The Morgan fingerprint density at radius 3 is 2.30 bits per heavy atom. The van der Waals surface area contributed by atoms with Crippen molar-refractivity contribution in [3.8, 4) is 5.75 Å². The summed E-state index contributed by atoms with van der Waals surface area (Å²) in [5, 5.41) is 11.0. The zero-order valence-corrected chi connectivity index (χ0v) is 18.8. The molecule has 1 heterocycles. The molecule has 30 heavy (non-hydrogen) atoms. The Morgan fingerprint density at radius 2 is 1.70 bits per heavy atom. The summed E-state index contributed by atoms with van der Waals surface area (Å²) in [5.74, 6) is -0.652. The maximum Gasteiger partial charge on any atom is 0.295 e. The van der Waals surface area contributed by atoms with Crippen LogP contribution in [0.15, 0.2) is 58.6 Å². The Balaban J connectivity index is 2.02. The monoisotopic (exact) mass is 471 g/mol. The van der Waals surface area contributed by atoms with E-state index in [-0.39, 0.29) is 11.3 Å². The summed E-state index contributed by atoms with van der Waals surface area (Å²) in [6.07, 6.45) is 2.74. The number of rotatable bonds is 8. The molecule has 6 heteroatoms. The molecule has 1 N–H and O–H groups in total. The van der Waals surface area contributed by atoms with Gasteiger partial charge in [0.15, 0.2) is 0 Å². The van der Waals surface area contributed by atoms with Gasteiger partial charge >= 0.3 is 0 Å². The standard InChI is InChI=1S/C24H26BrNO4/c1-3-5-15-30-19-12-8-16(9-13-19)21-20(23(28)24(29)26(21)14-4-2)22(27)17-6-10-18(25)11-7-17/h6-13,21,27H,3-5,14-15H2,1-2H3/b22-20-. The fourth-order valence-electron chi connectivity index (χ4n) is 3.54. The molecule has 3 rings (SSSR count). The number of carbonyl (C=O) groups is 2. The summed E-state index contributed by atoms with van der Waals surface area (Å²) in [7, 11) is 0. The predicted molar refractivity (Wildman–Crippen MR) is 120 cm³/mol. The van der Waals surface area contributed by atoms with Crippen molar-refractivity contribution in [2.24, 2.45) is 0 Å². The number of Topliss-reactive ketones (excluding diaryl/α,β-unsaturated/α-hetero) is 1. The average molecular weight is 472 g/mol. The quantitative estimate of drug-likeness (QED) is 0.240. The minimum absolute atomic E-state index is 0.121. The smallest absolute Gasteiger partial charge is 0.295 e.